The number of hydrogen-bond acceptors (Lipinski definition) is 1. The Morgan fingerprint density at radius 2 is 1.86 bits per heavy atom. The number of imidazole rings is 1. The molecule has 0 unspecified atom stereocenters. The highest BCUT2D eigenvalue weighted by Crippen LogP contribution is 2.27. The maximum atomic E-state index is 6.05. The molecular weight excluding hydrogens is 196 g/mol. The lowest BCUT2D eigenvalue weighted by atomic mass is 10.2. The zero-order valence-electron chi connectivity index (χ0n) is 8.16. The van der Waals surface area contributed by atoms with Gasteiger partial charge in [-0.1, -0.05) is 41.9 Å². The van der Waals surface area contributed by atoms with E-state index in [9.17, 15) is 0 Å². The molecule has 0 saturated heterocycles. The molecule has 0 aliphatic carbocycles. The molecule has 0 aliphatic heterocycles. The largest absolute Gasteiger partial charge is 0.330 e. The summed E-state index contributed by atoms with van der Waals surface area (Å²) in [5.74, 6) is 0.925. The standard InChI is InChI=1S/C11H11ClN2/c1-8-13-11(12)10(14(8)2)9-6-4-3-5-7-9/h3-7H,1-2H3. The summed E-state index contributed by atoms with van der Waals surface area (Å²) >= 11 is 6.05. The summed E-state index contributed by atoms with van der Waals surface area (Å²) in [6, 6.07) is 10.0. The van der Waals surface area contributed by atoms with E-state index in [1.807, 2.05) is 48.9 Å². The molecular formula is C11H11ClN2. The van der Waals surface area contributed by atoms with Gasteiger partial charge < -0.3 is 4.57 Å². The van der Waals surface area contributed by atoms with Gasteiger partial charge in [0.15, 0.2) is 5.15 Å². The van der Waals surface area contributed by atoms with Gasteiger partial charge >= 0.3 is 0 Å². The van der Waals surface area contributed by atoms with Gasteiger partial charge in [0.2, 0.25) is 0 Å². The van der Waals surface area contributed by atoms with E-state index >= 15 is 0 Å². The number of halogens is 1. The van der Waals surface area contributed by atoms with E-state index in [-0.39, 0.29) is 0 Å². The molecule has 1 aromatic carbocycles. The second-order valence-corrected chi connectivity index (χ2v) is 3.58. The number of hydrogen-bond donors (Lipinski definition) is 0. The van der Waals surface area contributed by atoms with Crippen LogP contribution in [0.2, 0.25) is 5.15 Å². The van der Waals surface area contributed by atoms with Crippen molar-refractivity contribution in [3.8, 4) is 11.3 Å². The number of benzene rings is 1. The van der Waals surface area contributed by atoms with Crippen molar-refractivity contribution < 1.29 is 0 Å². The quantitative estimate of drug-likeness (QED) is 0.701. The maximum Gasteiger partial charge on any atom is 0.155 e. The van der Waals surface area contributed by atoms with Gasteiger partial charge in [-0.05, 0) is 6.92 Å². The van der Waals surface area contributed by atoms with Crippen LogP contribution in [0.4, 0.5) is 0 Å². The summed E-state index contributed by atoms with van der Waals surface area (Å²) in [6.07, 6.45) is 0. The van der Waals surface area contributed by atoms with E-state index in [0.717, 1.165) is 17.1 Å². The molecule has 1 aromatic heterocycles. The first-order valence-electron chi connectivity index (χ1n) is 4.44. The van der Waals surface area contributed by atoms with Crippen molar-refractivity contribution in [1.82, 2.24) is 9.55 Å². The van der Waals surface area contributed by atoms with E-state index in [4.69, 9.17) is 11.6 Å². The minimum atomic E-state index is 0.566. The van der Waals surface area contributed by atoms with Crippen LogP contribution in [0.15, 0.2) is 30.3 Å². The summed E-state index contributed by atoms with van der Waals surface area (Å²) in [4.78, 5) is 4.22. The van der Waals surface area contributed by atoms with Crippen LogP contribution in [0, 0.1) is 6.92 Å². The second kappa shape index (κ2) is 3.46. The van der Waals surface area contributed by atoms with E-state index in [2.05, 4.69) is 4.98 Å². The Labute approximate surface area is 88.2 Å². The summed E-state index contributed by atoms with van der Waals surface area (Å²) in [5, 5.41) is 0.566. The molecule has 0 aliphatic rings. The average molecular weight is 207 g/mol. The highest BCUT2D eigenvalue weighted by molar-refractivity contribution is 6.32. The molecule has 0 radical (unpaired) electrons. The smallest absolute Gasteiger partial charge is 0.155 e. The van der Waals surface area contributed by atoms with Crippen molar-refractivity contribution in [2.24, 2.45) is 7.05 Å². The summed E-state index contributed by atoms with van der Waals surface area (Å²) in [5.41, 5.74) is 2.07. The van der Waals surface area contributed by atoms with Crippen LogP contribution < -0.4 is 0 Å². The summed E-state index contributed by atoms with van der Waals surface area (Å²) in [6.45, 7) is 1.94. The molecule has 3 heteroatoms. The molecule has 1 heterocycles. The summed E-state index contributed by atoms with van der Waals surface area (Å²) < 4.78 is 2.00. The normalized spacial score (nSPS) is 10.5. The first-order valence-corrected chi connectivity index (χ1v) is 4.82. The zero-order chi connectivity index (χ0) is 10.1. The van der Waals surface area contributed by atoms with Gasteiger partial charge in [0, 0.05) is 12.6 Å². The molecule has 0 bridgehead atoms. The molecule has 14 heavy (non-hydrogen) atoms. The molecule has 0 spiro atoms. The Morgan fingerprint density at radius 1 is 1.21 bits per heavy atom. The minimum Gasteiger partial charge on any atom is -0.330 e. The monoisotopic (exact) mass is 206 g/mol. The molecule has 2 nitrogen and oxygen atoms in total. The van der Waals surface area contributed by atoms with E-state index in [1.165, 1.54) is 0 Å². The molecule has 2 rings (SSSR count). The van der Waals surface area contributed by atoms with Gasteiger partial charge in [-0.2, -0.15) is 0 Å². The van der Waals surface area contributed by atoms with Crippen LogP contribution in [-0.2, 0) is 7.05 Å². The second-order valence-electron chi connectivity index (χ2n) is 3.22. The van der Waals surface area contributed by atoms with Gasteiger partial charge in [-0.3, -0.25) is 0 Å². The fraction of sp³-hybridized carbons (Fsp3) is 0.182. The predicted octanol–water partition coefficient (Wildman–Crippen LogP) is 3.05. The van der Waals surface area contributed by atoms with Crippen molar-refractivity contribution in [3.63, 3.8) is 0 Å². The fourth-order valence-corrected chi connectivity index (χ4v) is 1.84. The topological polar surface area (TPSA) is 17.8 Å². The third kappa shape index (κ3) is 1.42. The number of aryl methyl sites for hydroxylation is 1. The molecule has 0 N–H and O–H groups in total. The molecule has 0 fully saturated rings. The van der Waals surface area contributed by atoms with Gasteiger partial charge in [-0.15, -0.1) is 0 Å². The zero-order valence-corrected chi connectivity index (χ0v) is 8.92. The van der Waals surface area contributed by atoms with Crippen LogP contribution in [0.3, 0.4) is 0 Å². The van der Waals surface area contributed by atoms with Gasteiger partial charge in [-0.25, -0.2) is 4.98 Å². The molecule has 0 saturated carbocycles. The lowest BCUT2D eigenvalue weighted by Crippen LogP contribution is -1.93. The maximum absolute atomic E-state index is 6.05. The van der Waals surface area contributed by atoms with Crippen molar-refractivity contribution in [2.75, 3.05) is 0 Å². The van der Waals surface area contributed by atoms with Crippen LogP contribution in [0.5, 0.6) is 0 Å². The van der Waals surface area contributed by atoms with Crippen molar-refractivity contribution in [3.05, 3.63) is 41.3 Å². The summed E-state index contributed by atoms with van der Waals surface area (Å²) in [7, 11) is 1.97. The van der Waals surface area contributed by atoms with Crippen LogP contribution in [0.25, 0.3) is 11.3 Å². The lowest BCUT2D eigenvalue weighted by Gasteiger charge is -2.03. The third-order valence-electron chi connectivity index (χ3n) is 2.32. The van der Waals surface area contributed by atoms with E-state index < -0.39 is 0 Å². The average Bonchev–Trinajstić information content (AvgIpc) is 2.43. The predicted molar refractivity (Wildman–Crippen MR) is 58.4 cm³/mol. The highest BCUT2D eigenvalue weighted by atomic mass is 35.5. The van der Waals surface area contributed by atoms with E-state index in [0.29, 0.717) is 5.15 Å². The van der Waals surface area contributed by atoms with Gasteiger partial charge in [0.1, 0.15) is 5.82 Å². The SMILES string of the molecule is Cc1nc(Cl)c(-c2ccccc2)n1C. The van der Waals surface area contributed by atoms with E-state index in [1.54, 1.807) is 0 Å². The van der Waals surface area contributed by atoms with Crippen LogP contribution in [-0.4, -0.2) is 9.55 Å². The molecule has 0 atom stereocenters. The molecule has 72 valence electrons. The highest BCUT2D eigenvalue weighted by Gasteiger charge is 2.11. The van der Waals surface area contributed by atoms with Crippen molar-refractivity contribution in [2.45, 2.75) is 6.92 Å². The first kappa shape index (κ1) is 9.28. The van der Waals surface area contributed by atoms with Crippen molar-refractivity contribution in [1.29, 1.82) is 0 Å². The lowest BCUT2D eigenvalue weighted by molar-refractivity contribution is 0.865. The fourth-order valence-electron chi connectivity index (χ4n) is 1.48. The third-order valence-corrected chi connectivity index (χ3v) is 2.59. The van der Waals surface area contributed by atoms with Crippen molar-refractivity contribution >= 4 is 11.6 Å². The Morgan fingerprint density at radius 3 is 2.36 bits per heavy atom. The first-order chi connectivity index (χ1) is 6.70. The Kier molecular flexibility index (Phi) is 2.30. The number of rotatable bonds is 1. The molecule has 0 amide bonds. The van der Waals surface area contributed by atoms with Gasteiger partial charge in [0.05, 0.1) is 5.69 Å². The Hall–Kier alpha value is -1.28. The van der Waals surface area contributed by atoms with Gasteiger partial charge in [0.25, 0.3) is 0 Å². The Bertz CT molecular complexity index is 446. The van der Waals surface area contributed by atoms with Crippen LogP contribution in [0.1, 0.15) is 5.82 Å². The minimum absolute atomic E-state index is 0.566. The number of aromatic nitrogens is 2. The van der Waals surface area contributed by atoms with Crippen LogP contribution >= 0.6 is 11.6 Å². The number of nitrogens with zero attached hydrogens (tertiary/aromatic N) is 2. The Balaban J connectivity index is 2.62. The molecule has 2 aromatic rings.